The number of carbonyl (C=O) groups is 2. The summed E-state index contributed by atoms with van der Waals surface area (Å²) in [5.74, 6) is -1.24. The lowest BCUT2D eigenvalue weighted by molar-refractivity contribution is -0.143. The highest BCUT2D eigenvalue weighted by molar-refractivity contribution is 7.13. The van der Waals surface area contributed by atoms with Crippen LogP contribution in [0.2, 0.25) is 0 Å². The summed E-state index contributed by atoms with van der Waals surface area (Å²) in [7, 11) is 0. The highest BCUT2D eigenvalue weighted by atomic mass is 32.1. The minimum Gasteiger partial charge on any atom is -0.481 e. The van der Waals surface area contributed by atoms with E-state index in [9.17, 15) is 9.59 Å². The minimum absolute atomic E-state index is 0.122. The van der Waals surface area contributed by atoms with Crippen LogP contribution in [0.4, 0.5) is 9.93 Å². The average molecular weight is 338 g/mol. The molecule has 1 aromatic rings. The lowest BCUT2D eigenvalue weighted by Crippen LogP contribution is -2.52. The topological polar surface area (TPSA) is 85.8 Å². The average Bonchev–Trinajstić information content (AvgIpc) is 3.10. The van der Waals surface area contributed by atoms with E-state index >= 15 is 0 Å². The molecule has 0 bridgehead atoms. The van der Waals surface area contributed by atoms with Crippen LogP contribution in [0.1, 0.15) is 25.7 Å². The second-order valence-electron chi connectivity index (χ2n) is 6.15. The quantitative estimate of drug-likeness (QED) is 0.875. The van der Waals surface area contributed by atoms with Gasteiger partial charge in [-0.2, -0.15) is 0 Å². The summed E-state index contributed by atoms with van der Waals surface area (Å²) in [6.45, 7) is 2.74. The fourth-order valence-electron chi connectivity index (χ4n) is 3.22. The Hall–Kier alpha value is -1.83. The van der Waals surface area contributed by atoms with Gasteiger partial charge in [-0.3, -0.25) is 4.79 Å². The van der Waals surface area contributed by atoms with Crippen molar-refractivity contribution in [2.75, 3.05) is 31.1 Å². The van der Waals surface area contributed by atoms with E-state index < -0.39 is 11.9 Å². The monoisotopic (exact) mass is 338 g/mol. The van der Waals surface area contributed by atoms with Crippen LogP contribution in [0.5, 0.6) is 0 Å². The van der Waals surface area contributed by atoms with Crippen LogP contribution in [0.3, 0.4) is 0 Å². The van der Waals surface area contributed by atoms with Gasteiger partial charge >= 0.3 is 12.0 Å². The molecule has 126 valence electrons. The van der Waals surface area contributed by atoms with Gasteiger partial charge in [0, 0.05) is 43.8 Å². The number of anilines is 1. The van der Waals surface area contributed by atoms with Crippen LogP contribution in [-0.4, -0.2) is 59.2 Å². The summed E-state index contributed by atoms with van der Waals surface area (Å²) in [5.41, 5.74) is 0. The summed E-state index contributed by atoms with van der Waals surface area (Å²) < 4.78 is 0. The zero-order valence-electron chi connectivity index (χ0n) is 13.0. The highest BCUT2D eigenvalue weighted by Gasteiger charge is 2.30. The van der Waals surface area contributed by atoms with E-state index in [0.717, 1.165) is 37.5 Å². The largest absolute Gasteiger partial charge is 0.481 e. The molecule has 0 aromatic carbocycles. The number of hydrogen-bond donors (Lipinski definition) is 2. The van der Waals surface area contributed by atoms with Crippen molar-refractivity contribution in [3.8, 4) is 0 Å². The smallest absolute Gasteiger partial charge is 0.317 e. The summed E-state index contributed by atoms with van der Waals surface area (Å²) in [5, 5.41) is 15.2. The van der Waals surface area contributed by atoms with Gasteiger partial charge in [-0.1, -0.05) is 0 Å². The van der Waals surface area contributed by atoms with Crippen molar-refractivity contribution in [2.24, 2.45) is 5.92 Å². The van der Waals surface area contributed by atoms with Crippen LogP contribution >= 0.6 is 11.3 Å². The molecule has 3 rings (SSSR count). The second kappa shape index (κ2) is 7.16. The number of amides is 2. The first-order chi connectivity index (χ1) is 11.1. The Morgan fingerprint density at radius 3 is 2.70 bits per heavy atom. The third-order valence-electron chi connectivity index (χ3n) is 4.57. The predicted molar refractivity (Wildman–Crippen MR) is 87.8 cm³/mol. The van der Waals surface area contributed by atoms with Crippen LogP contribution in [0.25, 0.3) is 0 Å². The fraction of sp³-hybridized carbons (Fsp3) is 0.667. The highest BCUT2D eigenvalue weighted by Crippen LogP contribution is 2.22. The second-order valence-corrected chi connectivity index (χ2v) is 7.02. The van der Waals surface area contributed by atoms with Crippen molar-refractivity contribution in [3.63, 3.8) is 0 Å². The Kier molecular flexibility index (Phi) is 5.00. The van der Waals surface area contributed by atoms with Crippen molar-refractivity contribution in [1.29, 1.82) is 0 Å². The summed E-state index contributed by atoms with van der Waals surface area (Å²) in [6, 6.07) is 0.0348. The van der Waals surface area contributed by atoms with Gasteiger partial charge in [0.1, 0.15) is 0 Å². The van der Waals surface area contributed by atoms with E-state index in [2.05, 4.69) is 15.2 Å². The van der Waals surface area contributed by atoms with E-state index in [-0.39, 0.29) is 12.1 Å². The Balaban J connectivity index is 1.46. The molecule has 0 spiro atoms. The molecule has 23 heavy (non-hydrogen) atoms. The number of likely N-dealkylation sites (tertiary alicyclic amines) is 1. The Morgan fingerprint density at radius 2 is 2.04 bits per heavy atom. The molecule has 2 aliphatic heterocycles. The summed E-state index contributed by atoms with van der Waals surface area (Å²) in [6.07, 6.45) is 5.00. The molecule has 1 aromatic heterocycles. The number of nitrogens with zero attached hydrogens (tertiary/aromatic N) is 3. The molecular formula is C15H22N4O3S. The molecule has 2 aliphatic rings. The molecule has 1 unspecified atom stereocenters. The number of thiazole rings is 1. The lowest BCUT2D eigenvalue weighted by atomic mass is 9.98. The molecule has 2 amide bonds. The zero-order valence-corrected chi connectivity index (χ0v) is 13.8. The lowest BCUT2D eigenvalue weighted by Gasteiger charge is -2.35. The van der Waals surface area contributed by atoms with E-state index in [1.807, 2.05) is 11.6 Å². The maximum atomic E-state index is 12.3. The first-order valence-electron chi connectivity index (χ1n) is 8.06. The normalized spacial score (nSPS) is 22.9. The minimum atomic E-state index is -0.806. The third-order valence-corrected chi connectivity index (χ3v) is 5.40. The number of carboxylic acid groups (broad SMARTS) is 1. The van der Waals surface area contributed by atoms with Crippen LogP contribution in [0, 0.1) is 5.92 Å². The fourth-order valence-corrected chi connectivity index (χ4v) is 3.91. The SMILES string of the molecule is O=C(O)C1CCCN(C(=O)NC2CCN(c3nccs3)CC2)C1. The number of rotatable bonds is 3. The molecule has 0 saturated carbocycles. The van der Waals surface area contributed by atoms with E-state index in [0.29, 0.717) is 19.5 Å². The van der Waals surface area contributed by atoms with Gasteiger partial charge in [0.25, 0.3) is 0 Å². The maximum absolute atomic E-state index is 12.3. The molecule has 0 aliphatic carbocycles. The molecule has 7 nitrogen and oxygen atoms in total. The van der Waals surface area contributed by atoms with Gasteiger partial charge in [-0.05, 0) is 25.7 Å². The Morgan fingerprint density at radius 1 is 1.26 bits per heavy atom. The molecular weight excluding hydrogens is 316 g/mol. The number of urea groups is 1. The molecule has 8 heteroatoms. The predicted octanol–water partition coefficient (Wildman–Crippen LogP) is 1.62. The van der Waals surface area contributed by atoms with Gasteiger partial charge in [0.15, 0.2) is 5.13 Å². The van der Waals surface area contributed by atoms with Crippen molar-refractivity contribution in [2.45, 2.75) is 31.7 Å². The van der Waals surface area contributed by atoms with Crippen molar-refractivity contribution >= 4 is 28.5 Å². The van der Waals surface area contributed by atoms with Crippen LogP contribution < -0.4 is 10.2 Å². The van der Waals surface area contributed by atoms with E-state index in [1.54, 1.807) is 16.2 Å². The number of piperidine rings is 2. The van der Waals surface area contributed by atoms with Crippen molar-refractivity contribution in [3.05, 3.63) is 11.6 Å². The number of aromatic nitrogens is 1. The first-order valence-corrected chi connectivity index (χ1v) is 8.94. The summed E-state index contributed by atoms with van der Waals surface area (Å²) >= 11 is 1.63. The number of carbonyl (C=O) groups excluding carboxylic acids is 1. The van der Waals surface area contributed by atoms with Gasteiger partial charge < -0.3 is 20.2 Å². The number of aliphatic carboxylic acids is 1. The van der Waals surface area contributed by atoms with Gasteiger partial charge in [0.2, 0.25) is 0 Å². The van der Waals surface area contributed by atoms with Crippen LogP contribution in [0.15, 0.2) is 11.6 Å². The molecule has 2 saturated heterocycles. The maximum Gasteiger partial charge on any atom is 0.317 e. The molecule has 2 fully saturated rings. The Bertz CT molecular complexity index is 543. The third kappa shape index (κ3) is 3.93. The van der Waals surface area contributed by atoms with Crippen LogP contribution in [-0.2, 0) is 4.79 Å². The Labute approximate surface area is 139 Å². The van der Waals surface area contributed by atoms with Crippen molar-refractivity contribution in [1.82, 2.24) is 15.2 Å². The number of hydrogen-bond acceptors (Lipinski definition) is 5. The first kappa shape index (κ1) is 16.0. The van der Waals surface area contributed by atoms with E-state index in [4.69, 9.17) is 5.11 Å². The van der Waals surface area contributed by atoms with Gasteiger partial charge in [-0.15, -0.1) is 11.3 Å². The molecule has 2 N–H and O–H groups in total. The molecule has 3 heterocycles. The van der Waals surface area contributed by atoms with Crippen molar-refractivity contribution < 1.29 is 14.7 Å². The van der Waals surface area contributed by atoms with Gasteiger partial charge in [0.05, 0.1) is 5.92 Å². The molecule has 1 atom stereocenters. The summed E-state index contributed by atoms with van der Waals surface area (Å²) in [4.78, 5) is 31.6. The number of nitrogens with one attached hydrogen (secondary N) is 1. The number of carboxylic acids is 1. The zero-order chi connectivity index (χ0) is 16.2. The standard InChI is InChI=1S/C15H22N4O3S/c20-13(21)11-2-1-6-19(10-11)14(22)17-12-3-7-18(8-4-12)15-16-5-9-23-15/h5,9,11-12H,1-4,6-8,10H2,(H,17,22)(H,20,21). The molecule has 0 radical (unpaired) electrons. The van der Waals surface area contributed by atoms with E-state index in [1.165, 1.54) is 0 Å². The van der Waals surface area contributed by atoms with Gasteiger partial charge in [-0.25, -0.2) is 9.78 Å².